The van der Waals surface area contributed by atoms with E-state index in [4.69, 9.17) is 4.74 Å². The molecule has 80 valence electrons. The fourth-order valence-corrected chi connectivity index (χ4v) is 1.79. The lowest BCUT2D eigenvalue weighted by Crippen LogP contribution is -2.06. The number of aldehydes is 1. The highest BCUT2D eigenvalue weighted by Gasteiger charge is 2.08. The maximum atomic E-state index is 11.5. The Morgan fingerprint density at radius 2 is 1.94 bits per heavy atom. The standard InChI is InChI=1S/C12H8O3S/c13-7-9-1-3-11(4-2-9)15-12(14)10-5-6-16-8-10/h1-8H. The molecule has 0 aliphatic heterocycles. The molecule has 0 fully saturated rings. The van der Waals surface area contributed by atoms with Gasteiger partial charge in [0.25, 0.3) is 0 Å². The van der Waals surface area contributed by atoms with Gasteiger partial charge in [0.1, 0.15) is 12.0 Å². The predicted molar refractivity (Wildman–Crippen MR) is 61.1 cm³/mol. The summed E-state index contributed by atoms with van der Waals surface area (Å²) in [5, 5.41) is 3.54. The van der Waals surface area contributed by atoms with Gasteiger partial charge in [-0.05, 0) is 35.7 Å². The van der Waals surface area contributed by atoms with Crippen LogP contribution in [0.1, 0.15) is 20.7 Å². The second-order valence-corrected chi connectivity index (χ2v) is 3.87. The minimum atomic E-state index is -0.389. The van der Waals surface area contributed by atoms with Crippen LogP contribution in [-0.4, -0.2) is 12.3 Å². The van der Waals surface area contributed by atoms with Gasteiger partial charge >= 0.3 is 5.97 Å². The minimum Gasteiger partial charge on any atom is -0.423 e. The van der Waals surface area contributed by atoms with Gasteiger partial charge in [-0.15, -0.1) is 0 Å². The Labute approximate surface area is 96.3 Å². The second-order valence-electron chi connectivity index (χ2n) is 3.09. The molecule has 4 heteroatoms. The normalized spacial score (nSPS) is 9.75. The van der Waals surface area contributed by atoms with Gasteiger partial charge in [-0.3, -0.25) is 4.79 Å². The summed E-state index contributed by atoms with van der Waals surface area (Å²) in [6.45, 7) is 0. The lowest BCUT2D eigenvalue weighted by atomic mass is 10.2. The summed E-state index contributed by atoms with van der Waals surface area (Å²) in [7, 11) is 0. The van der Waals surface area contributed by atoms with Crippen LogP contribution in [0.15, 0.2) is 41.1 Å². The molecule has 0 bridgehead atoms. The van der Waals surface area contributed by atoms with Gasteiger partial charge in [-0.2, -0.15) is 11.3 Å². The van der Waals surface area contributed by atoms with E-state index in [0.29, 0.717) is 16.9 Å². The zero-order valence-electron chi connectivity index (χ0n) is 8.25. The SMILES string of the molecule is O=Cc1ccc(OC(=O)c2ccsc2)cc1. The quantitative estimate of drug-likeness (QED) is 0.464. The number of benzene rings is 1. The molecule has 1 aromatic heterocycles. The fraction of sp³-hybridized carbons (Fsp3) is 0. The third kappa shape index (κ3) is 2.35. The fourth-order valence-electron chi connectivity index (χ4n) is 1.16. The third-order valence-corrected chi connectivity index (χ3v) is 2.67. The molecule has 3 nitrogen and oxygen atoms in total. The van der Waals surface area contributed by atoms with Crippen molar-refractivity contribution >= 4 is 23.6 Å². The molecular formula is C12H8O3S. The number of hydrogen-bond donors (Lipinski definition) is 0. The molecule has 2 aromatic rings. The smallest absolute Gasteiger partial charge is 0.344 e. The maximum absolute atomic E-state index is 11.5. The number of hydrogen-bond acceptors (Lipinski definition) is 4. The molecule has 0 atom stereocenters. The first-order valence-corrected chi connectivity index (χ1v) is 5.53. The first-order valence-electron chi connectivity index (χ1n) is 4.59. The van der Waals surface area contributed by atoms with Crippen molar-refractivity contribution in [3.63, 3.8) is 0 Å². The van der Waals surface area contributed by atoms with Gasteiger partial charge in [0, 0.05) is 10.9 Å². The monoisotopic (exact) mass is 232 g/mol. The van der Waals surface area contributed by atoms with Crippen LogP contribution in [0.25, 0.3) is 0 Å². The van der Waals surface area contributed by atoms with E-state index in [1.165, 1.54) is 11.3 Å². The van der Waals surface area contributed by atoms with Gasteiger partial charge in [0.2, 0.25) is 0 Å². The number of rotatable bonds is 3. The van der Waals surface area contributed by atoms with E-state index in [2.05, 4.69) is 0 Å². The molecule has 0 radical (unpaired) electrons. The van der Waals surface area contributed by atoms with Crippen molar-refractivity contribution in [2.75, 3.05) is 0 Å². The first-order chi connectivity index (χ1) is 7.79. The van der Waals surface area contributed by atoms with Crippen LogP contribution in [0.2, 0.25) is 0 Å². The summed E-state index contributed by atoms with van der Waals surface area (Å²) in [5.41, 5.74) is 1.08. The summed E-state index contributed by atoms with van der Waals surface area (Å²) in [5.74, 6) is 0.0434. The van der Waals surface area contributed by atoms with Gasteiger partial charge in [0.15, 0.2) is 0 Å². The molecule has 0 spiro atoms. The molecule has 0 N–H and O–H groups in total. The average Bonchev–Trinajstić information content (AvgIpc) is 2.83. The highest BCUT2D eigenvalue weighted by Crippen LogP contribution is 2.14. The van der Waals surface area contributed by atoms with Crippen LogP contribution in [-0.2, 0) is 0 Å². The zero-order valence-corrected chi connectivity index (χ0v) is 9.07. The second kappa shape index (κ2) is 4.72. The van der Waals surface area contributed by atoms with Gasteiger partial charge < -0.3 is 4.74 Å². The van der Waals surface area contributed by atoms with Crippen molar-refractivity contribution in [1.82, 2.24) is 0 Å². The number of ether oxygens (including phenoxy) is 1. The Bertz CT molecular complexity index is 485. The third-order valence-electron chi connectivity index (χ3n) is 1.98. The predicted octanol–water partition coefficient (Wildman–Crippen LogP) is 2.78. The molecule has 0 saturated carbocycles. The molecule has 0 aliphatic rings. The van der Waals surface area contributed by atoms with E-state index in [0.717, 1.165) is 6.29 Å². The Kier molecular flexibility index (Phi) is 3.12. The van der Waals surface area contributed by atoms with Crippen molar-refractivity contribution in [2.45, 2.75) is 0 Å². The minimum absolute atomic E-state index is 0.389. The van der Waals surface area contributed by atoms with Crippen LogP contribution in [0.5, 0.6) is 5.75 Å². The Morgan fingerprint density at radius 1 is 1.19 bits per heavy atom. The Morgan fingerprint density at radius 3 is 2.50 bits per heavy atom. The van der Waals surface area contributed by atoms with E-state index in [1.807, 2.05) is 5.38 Å². The summed E-state index contributed by atoms with van der Waals surface area (Å²) in [6.07, 6.45) is 0.741. The van der Waals surface area contributed by atoms with Gasteiger partial charge in [0.05, 0.1) is 5.56 Å². The molecule has 1 aromatic carbocycles. The van der Waals surface area contributed by atoms with Crippen molar-refractivity contribution < 1.29 is 14.3 Å². The van der Waals surface area contributed by atoms with Crippen LogP contribution in [0.3, 0.4) is 0 Å². The van der Waals surface area contributed by atoms with E-state index in [-0.39, 0.29) is 5.97 Å². The number of carbonyl (C=O) groups excluding carboxylic acids is 2. The number of esters is 1. The summed E-state index contributed by atoms with van der Waals surface area (Å²) < 4.78 is 5.11. The summed E-state index contributed by atoms with van der Waals surface area (Å²) in [4.78, 5) is 22.0. The van der Waals surface area contributed by atoms with Crippen molar-refractivity contribution in [2.24, 2.45) is 0 Å². The number of thiophene rings is 1. The van der Waals surface area contributed by atoms with E-state index < -0.39 is 0 Å². The highest BCUT2D eigenvalue weighted by molar-refractivity contribution is 7.08. The Hall–Kier alpha value is -1.94. The van der Waals surface area contributed by atoms with Crippen LogP contribution in [0, 0.1) is 0 Å². The number of carbonyl (C=O) groups is 2. The van der Waals surface area contributed by atoms with Crippen LogP contribution in [0.4, 0.5) is 0 Å². The molecule has 0 unspecified atom stereocenters. The lowest BCUT2D eigenvalue weighted by Gasteiger charge is -2.02. The van der Waals surface area contributed by atoms with E-state index in [9.17, 15) is 9.59 Å². The molecule has 0 amide bonds. The largest absolute Gasteiger partial charge is 0.423 e. The van der Waals surface area contributed by atoms with Crippen molar-refractivity contribution in [3.05, 3.63) is 52.2 Å². The topological polar surface area (TPSA) is 43.4 Å². The van der Waals surface area contributed by atoms with Crippen LogP contribution < -0.4 is 4.74 Å². The molecule has 2 rings (SSSR count). The van der Waals surface area contributed by atoms with Crippen molar-refractivity contribution in [1.29, 1.82) is 0 Å². The molecule has 16 heavy (non-hydrogen) atoms. The van der Waals surface area contributed by atoms with Gasteiger partial charge in [-0.25, -0.2) is 4.79 Å². The summed E-state index contributed by atoms with van der Waals surface area (Å²) in [6, 6.07) is 8.08. The molecular weight excluding hydrogens is 224 g/mol. The maximum Gasteiger partial charge on any atom is 0.344 e. The average molecular weight is 232 g/mol. The summed E-state index contributed by atoms with van der Waals surface area (Å²) >= 11 is 1.44. The Balaban J connectivity index is 2.09. The van der Waals surface area contributed by atoms with E-state index >= 15 is 0 Å². The van der Waals surface area contributed by atoms with Crippen LogP contribution >= 0.6 is 11.3 Å². The highest BCUT2D eigenvalue weighted by atomic mass is 32.1. The van der Waals surface area contributed by atoms with Gasteiger partial charge in [-0.1, -0.05) is 0 Å². The molecule has 0 saturated heterocycles. The lowest BCUT2D eigenvalue weighted by molar-refractivity contribution is 0.0735. The van der Waals surface area contributed by atoms with Crippen molar-refractivity contribution in [3.8, 4) is 5.75 Å². The first kappa shape index (κ1) is 10.6. The molecule has 1 heterocycles. The molecule has 0 aliphatic carbocycles. The van der Waals surface area contributed by atoms with E-state index in [1.54, 1.807) is 35.7 Å². The zero-order chi connectivity index (χ0) is 11.4.